The summed E-state index contributed by atoms with van der Waals surface area (Å²) in [5.41, 5.74) is 0. The predicted molar refractivity (Wildman–Crippen MR) is 61.4 cm³/mol. The number of thiophene rings is 1. The number of anilines is 1. The van der Waals surface area contributed by atoms with Crippen molar-refractivity contribution in [1.82, 2.24) is 0 Å². The molecule has 0 saturated carbocycles. The van der Waals surface area contributed by atoms with Crippen LogP contribution in [0.5, 0.6) is 0 Å². The van der Waals surface area contributed by atoms with E-state index >= 15 is 0 Å². The van der Waals surface area contributed by atoms with Gasteiger partial charge in [0.2, 0.25) is 0 Å². The van der Waals surface area contributed by atoms with Crippen LogP contribution in [-0.4, -0.2) is 18.3 Å². The van der Waals surface area contributed by atoms with Crippen molar-refractivity contribution in [3.8, 4) is 0 Å². The second-order valence-electron chi connectivity index (χ2n) is 2.94. The van der Waals surface area contributed by atoms with Crippen molar-refractivity contribution < 1.29 is 5.11 Å². The van der Waals surface area contributed by atoms with Gasteiger partial charge in [-0.3, -0.25) is 0 Å². The fourth-order valence-corrected chi connectivity index (χ4v) is 2.29. The molecular formula is C9H14BrNOS. The maximum atomic E-state index is 8.96. The smallest absolute Gasteiger partial charge is 0.0894 e. The molecule has 2 N–H and O–H groups in total. The monoisotopic (exact) mass is 263 g/mol. The zero-order chi connectivity index (χ0) is 9.68. The third-order valence-electron chi connectivity index (χ3n) is 1.97. The zero-order valence-corrected chi connectivity index (χ0v) is 9.99. The number of halogens is 1. The summed E-state index contributed by atoms with van der Waals surface area (Å²) >= 11 is 5.08. The zero-order valence-electron chi connectivity index (χ0n) is 7.59. The topological polar surface area (TPSA) is 32.3 Å². The van der Waals surface area contributed by atoms with Crippen LogP contribution in [0.1, 0.15) is 13.3 Å². The number of nitrogens with one attached hydrogen (secondary N) is 1. The van der Waals surface area contributed by atoms with Crippen LogP contribution in [0, 0.1) is 5.92 Å². The molecule has 0 amide bonds. The molecule has 1 aromatic heterocycles. The first-order valence-electron chi connectivity index (χ1n) is 4.36. The summed E-state index contributed by atoms with van der Waals surface area (Å²) in [6, 6.07) is 4.06. The second-order valence-corrected chi connectivity index (χ2v) is 5.40. The van der Waals surface area contributed by atoms with Crippen LogP contribution in [0.25, 0.3) is 0 Å². The SMILES string of the molecule is CCC(CO)CNc1ccc(Br)s1. The van der Waals surface area contributed by atoms with Gasteiger partial charge in [-0.1, -0.05) is 6.92 Å². The molecule has 0 spiro atoms. The molecule has 1 atom stereocenters. The molecule has 1 aromatic rings. The Kier molecular flexibility index (Phi) is 4.77. The first kappa shape index (κ1) is 11.0. The third-order valence-corrected chi connectivity index (χ3v) is 3.56. The van der Waals surface area contributed by atoms with Crippen LogP contribution >= 0.6 is 27.3 Å². The highest BCUT2D eigenvalue weighted by Crippen LogP contribution is 2.26. The Labute approximate surface area is 91.1 Å². The molecule has 0 aliphatic rings. The lowest BCUT2D eigenvalue weighted by Crippen LogP contribution is -2.16. The number of hydrogen-bond acceptors (Lipinski definition) is 3. The summed E-state index contributed by atoms with van der Waals surface area (Å²) in [4.78, 5) is 0. The molecule has 0 aliphatic carbocycles. The van der Waals surface area contributed by atoms with E-state index in [0.29, 0.717) is 5.92 Å². The van der Waals surface area contributed by atoms with Crippen molar-refractivity contribution in [1.29, 1.82) is 0 Å². The van der Waals surface area contributed by atoms with Gasteiger partial charge in [0.05, 0.1) is 8.79 Å². The molecule has 0 fully saturated rings. The molecule has 0 radical (unpaired) electrons. The van der Waals surface area contributed by atoms with E-state index in [4.69, 9.17) is 5.11 Å². The molecule has 1 rings (SSSR count). The van der Waals surface area contributed by atoms with E-state index in [9.17, 15) is 0 Å². The predicted octanol–water partition coefficient (Wildman–Crippen LogP) is 2.94. The average molecular weight is 264 g/mol. The summed E-state index contributed by atoms with van der Waals surface area (Å²) in [6.45, 7) is 3.20. The van der Waals surface area contributed by atoms with E-state index in [1.165, 1.54) is 0 Å². The van der Waals surface area contributed by atoms with Crippen molar-refractivity contribution >= 4 is 32.3 Å². The van der Waals surface area contributed by atoms with Crippen molar-refractivity contribution in [3.05, 3.63) is 15.9 Å². The lowest BCUT2D eigenvalue weighted by molar-refractivity contribution is 0.230. The molecule has 13 heavy (non-hydrogen) atoms. The molecule has 0 bridgehead atoms. The molecule has 0 aliphatic heterocycles. The fourth-order valence-electron chi connectivity index (χ4n) is 0.992. The van der Waals surface area contributed by atoms with Crippen LogP contribution in [0.2, 0.25) is 0 Å². The largest absolute Gasteiger partial charge is 0.396 e. The minimum atomic E-state index is 0.260. The van der Waals surface area contributed by atoms with Gasteiger partial charge in [-0.2, -0.15) is 0 Å². The highest BCUT2D eigenvalue weighted by molar-refractivity contribution is 9.11. The Hall–Kier alpha value is -0.0600. The molecule has 0 saturated heterocycles. The highest BCUT2D eigenvalue weighted by atomic mass is 79.9. The Bertz CT molecular complexity index is 248. The molecule has 0 aromatic carbocycles. The maximum absolute atomic E-state index is 8.96. The minimum Gasteiger partial charge on any atom is -0.396 e. The third kappa shape index (κ3) is 3.67. The van der Waals surface area contributed by atoms with Crippen LogP contribution in [0.4, 0.5) is 5.00 Å². The van der Waals surface area contributed by atoms with Crippen molar-refractivity contribution in [2.45, 2.75) is 13.3 Å². The van der Waals surface area contributed by atoms with E-state index in [-0.39, 0.29) is 6.61 Å². The second kappa shape index (κ2) is 5.62. The standard InChI is InChI=1S/C9H14BrNOS/c1-2-7(6-12)5-11-9-4-3-8(10)13-9/h3-4,7,11-12H,2,5-6H2,1H3. The number of aliphatic hydroxyl groups excluding tert-OH is 1. The van der Waals surface area contributed by atoms with Gasteiger partial charge < -0.3 is 10.4 Å². The van der Waals surface area contributed by atoms with E-state index in [1.807, 2.05) is 12.1 Å². The maximum Gasteiger partial charge on any atom is 0.0894 e. The molecule has 1 heterocycles. The number of hydrogen-bond donors (Lipinski definition) is 2. The molecule has 74 valence electrons. The van der Waals surface area contributed by atoms with E-state index in [1.54, 1.807) is 11.3 Å². The Morgan fingerprint density at radius 3 is 2.85 bits per heavy atom. The summed E-state index contributed by atoms with van der Waals surface area (Å²) < 4.78 is 1.13. The van der Waals surface area contributed by atoms with Gasteiger partial charge >= 0.3 is 0 Å². The van der Waals surface area contributed by atoms with E-state index in [2.05, 4.69) is 28.2 Å². The number of aliphatic hydroxyl groups is 1. The van der Waals surface area contributed by atoms with Crippen LogP contribution in [-0.2, 0) is 0 Å². The number of rotatable bonds is 5. The first-order valence-corrected chi connectivity index (χ1v) is 5.97. The summed E-state index contributed by atoms with van der Waals surface area (Å²) in [6.07, 6.45) is 1.01. The lowest BCUT2D eigenvalue weighted by atomic mass is 10.1. The van der Waals surface area contributed by atoms with Gasteiger partial charge in [-0.05, 0) is 40.4 Å². The van der Waals surface area contributed by atoms with Gasteiger partial charge in [0.15, 0.2) is 0 Å². The van der Waals surface area contributed by atoms with E-state index in [0.717, 1.165) is 21.8 Å². The Balaban J connectivity index is 2.33. The first-order chi connectivity index (χ1) is 6.26. The van der Waals surface area contributed by atoms with Gasteiger partial charge in [0.1, 0.15) is 0 Å². The van der Waals surface area contributed by atoms with Crippen molar-refractivity contribution in [3.63, 3.8) is 0 Å². The van der Waals surface area contributed by atoms with Gasteiger partial charge in [0.25, 0.3) is 0 Å². The molecule has 2 nitrogen and oxygen atoms in total. The highest BCUT2D eigenvalue weighted by Gasteiger charge is 2.04. The molecule has 1 unspecified atom stereocenters. The van der Waals surface area contributed by atoms with E-state index < -0.39 is 0 Å². The van der Waals surface area contributed by atoms with Crippen LogP contribution in [0.15, 0.2) is 15.9 Å². The van der Waals surface area contributed by atoms with Gasteiger partial charge in [0, 0.05) is 13.2 Å². The molecule has 4 heteroatoms. The normalized spacial score (nSPS) is 12.8. The molecular weight excluding hydrogens is 250 g/mol. The van der Waals surface area contributed by atoms with Gasteiger partial charge in [-0.25, -0.2) is 0 Å². The minimum absolute atomic E-state index is 0.260. The van der Waals surface area contributed by atoms with Crippen molar-refractivity contribution in [2.24, 2.45) is 5.92 Å². The summed E-state index contributed by atoms with van der Waals surface area (Å²) in [7, 11) is 0. The fraction of sp³-hybridized carbons (Fsp3) is 0.556. The Morgan fingerprint density at radius 2 is 2.38 bits per heavy atom. The quantitative estimate of drug-likeness (QED) is 0.857. The van der Waals surface area contributed by atoms with Crippen molar-refractivity contribution in [2.75, 3.05) is 18.5 Å². The average Bonchev–Trinajstić information content (AvgIpc) is 2.53. The summed E-state index contributed by atoms with van der Waals surface area (Å²) in [5.74, 6) is 0.362. The summed E-state index contributed by atoms with van der Waals surface area (Å²) in [5, 5.41) is 13.4. The van der Waals surface area contributed by atoms with Crippen LogP contribution < -0.4 is 5.32 Å². The Morgan fingerprint density at radius 1 is 1.62 bits per heavy atom. The van der Waals surface area contributed by atoms with Gasteiger partial charge in [-0.15, -0.1) is 11.3 Å². The lowest BCUT2D eigenvalue weighted by Gasteiger charge is -2.11. The van der Waals surface area contributed by atoms with Crippen LogP contribution in [0.3, 0.4) is 0 Å².